The molecule has 0 saturated heterocycles. The molecule has 0 unspecified atom stereocenters. The molecule has 0 aliphatic heterocycles. The predicted octanol–water partition coefficient (Wildman–Crippen LogP) is 5.34. The molecular formula is C28H27N3O3. The number of carbonyl (C=O) groups excluding carboxylic acids is 1. The Labute approximate surface area is 200 Å². The van der Waals surface area contributed by atoms with Gasteiger partial charge in [-0.1, -0.05) is 48.5 Å². The molecule has 0 atom stereocenters. The zero-order valence-corrected chi connectivity index (χ0v) is 19.1. The number of carbonyl (C=O) groups is 1. The molecule has 0 aliphatic carbocycles. The zero-order chi connectivity index (χ0) is 24.8. The molecule has 0 aliphatic rings. The van der Waals surface area contributed by atoms with Crippen LogP contribution in [0.25, 0.3) is 0 Å². The average molecular weight is 454 g/mol. The number of ether oxygens (including phenoxy) is 2. The third-order valence-corrected chi connectivity index (χ3v) is 4.54. The fourth-order valence-corrected chi connectivity index (χ4v) is 2.77. The average Bonchev–Trinajstić information content (AvgIpc) is 2.90. The van der Waals surface area contributed by atoms with Gasteiger partial charge < -0.3 is 20.9 Å². The van der Waals surface area contributed by atoms with Crippen LogP contribution < -0.4 is 20.9 Å². The highest BCUT2D eigenvalue weighted by Gasteiger charge is 2.12. The van der Waals surface area contributed by atoms with Crippen molar-refractivity contribution in [3.8, 4) is 17.6 Å². The van der Waals surface area contributed by atoms with E-state index in [9.17, 15) is 4.79 Å². The lowest BCUT2D eigenvalue weighted by Gasteiger charge is -2.06. The summed E-state index contributed by atoms with van der Waals surface area (Å²) < 4.78 is 9.99. The Morgan fingerprint density at radius 1 is 0.735 bits per heavy atom. The summed E-state index contributed by atoms with van der Waals surface area (Å²) in [6.45, 7) is 0. The minimum absolute atomic E-state index is 0.0954. The molecule has 0 amide bonds. The molecule has 0 saturated carbocycles. The van der Waals surface area contributed by atoms with Crippen LogP contribution in [0.3, 0.4) is 0 Å². The summed E-state index contributed by atoms with van der Waals surface area (Å²) in [6, 6.07) is 32.6. The monoisotopic (exact) mass is 453 g/mol. The Hall–Kier alpha value is -4.76. The molecular weight excluding hydrogens is 426 g/mol. The third-order valence-electron chi connectivity index (χ3n) is 4.54. The standard InChI is InChI=1S/C14H13NO2.C8H7NO.C6H7N/c1-17-11-6-4-5-10(9-11)14(16)12-7-2-3-8-13(12)15;1-10-8-4-2-3-7(5-8)6-9;7-6-4-2-1-3-5-6/h2-9H,15H2,1H3;2-5H,1H3;1-5H,7H2. The fourth-order valence-electron chi connectivity index (χ4n) is 2.77. The first-order valence-corrected chi connectivity index (χ1v) is 10.4. The van der Waals surface area contributed by atoms with Crippen LogP contribution in [0.4, 0.5) is 11.4 Å². The van der Waals surface area contributed by atoms with Crippen molar-refractivity contribution < 1.29 is 14.3 Å². The number of para-hydroxylation sites is 2. The van der Waals surface area contributed by atoms with Gasteiger partial charge in [0.05, 0.1) is 25.9 Å². The maximum Gasteiger partial charge on any atom is 0.195 e. The molecule has 4 rings (SSSR count). The Morgan fingerprint density at radius 2 is 1.32 bits per heavy atom. The van der Waals surface area contributed by atoms with Gasteiger partial charge in [0.2, 0.25) is 0 Å². The van der Waals surface area contributed by atoms with Crippen molar-refractivity contribution >= 4 is 17.2 Å². The molecule has 0 spiro atoms. The van der Waals surface area contributed by atoms with E-state index in [1.807, 2.05) is 36.4 Å². The lowest BCUT2D eigenvalue weighted by molar-refractivity contribution is 0.103. The van der Waals surface area contributed by atoms with Crippen molar-refractivity contribution in [3.05, 3.63) is 120 Å². The van der Waals surface area contributed by atoms with Crippen LogP contribution in [-0.2, 0) is 0 Å². The normalized spacial score (nSPS) is 9.21. The SMILES string of the molecule is COc1cccc(C#N)c1.COc1cccc(C(=O)c2ccccc2N)c1.Nc1ccccc1. The first kappa shape index (κ1) is 25.5. The molecule has 0 bridgehead atoms. The van der Waals surface area contributed by atoms with Gasteiger partial charge in [0.15, 0.2) is 5.78 Å². The maximum absolute atomic E-state index is 12.2. The number of nitrogen functional groups attached to an aromatic ring is 2. The molecule has 6 heteroatoms. The van der Waals surface area contributed by atoms with E-state index in [2.05, 4.69) is 0 Å². The van der Waals surface area contributed by atoms with Crippen molar-refractivity contribution in [2.45, 2.75) is 0 Å². The summed E-state index contributed by atoms with van der Waals surface area (Å²) >= 11 is 0. The second-order valence-electron chi connectivity index (χ2n) is 6.90. The van der Waals surface area contributed by atoms with E-state index < -0.39 is 0 Å². The number of hydrogen-bond donors (Lipinski definition) is 2. The zero-order valence-electron chi connectivity index (χ0n) is 19.1. The van der Waals surface area contributed by atoms with Gasteiger partial charge in [-0.25, -0.2) is 0 Å². The van der Waals surface area contributed by atoms with E-state index in [1.165, 1.54) is 0 Å². The molecule has 0 heterocycles. The van der Waals surface area contributed by atoms with Gasteiger partial charge in [0.1, 0.15) is 11.5 Å². The van der Waals surface area contributed by atoms with Gasteiger partial charge in [-0.05, 0) is 54.6 Å². The van der Waals surface area contributed by atoms with Gasteiger partial charge in [0, 0.05) is 22.5 Å². The molecule has 4 N–H and O–H groups in total. The molecule has 4 aromatic carbocycles. The summed E-state index contributed by atoms with van der Waals surface area (Å²) in [5.74, 6) is 1.28. The Balaban J connectivity index is 0.000000202. The van der Waals surface area contributed by atoms with E-state index in [0.29, 0.717) is 28.1 Å². The van der Waals surface area contributed by atoms with Gasteiger partial charge in [0.25, 0.3) is 0 Å². The van der Waals surface area contributed by atoms with Crippen LogP contribution in [0, 0.1) is 11.3 Å². The van der Waals surface area contributed by atoms with Crippen molar-refractivity contribution in [2.75, 3.05) is 25.7 Å². The van der Waals surface area contributed by atoms with Crippen LogP contribution in [0.1, 0.15) is 21.5 Å². The van der Waals surface area contributed by atoms with Gasteiger partial charge >= 0.3 is 0 Å². The predicted molar refractivity (Wildman–Crippen MR) is 136 cm³/mol. The number of anilines is 2. The van der Waals surface area contributed by atoms with Crippen LogP contribution in [-0.4, -0.2) is 20.0 Å². The Morgan fingerprint density at radius 3 is 1.88 bits per heavy atom. The Bertz CT molecular complexity index is 1230. The van der Waals surface area contributed by atoms with Crippen LogP contribution in [0.15, 0.2) is 103 Å². The lowest BCUT2D eigenvalue weighted by atomic mass is 10.0. The van der Waals surface area contributed by atoms with Gasteiger partial charge in [-0.3, -0.25) is 4.79 Å². The highest BCUT2D eigenvalue weighted by molar-refractivity contribution is 6.12. The fraction of sp³-hybridized carbons (Fsp3) is 0.0714. The largest absolute Gasteiger partial charge is 0.497 e. The maximum atomic E-state index is 12.2. The van der Waals surface area contributed by atoms with Crippen LogP contribution >= 0.6 is 0 Å². The molecule has 6 nitrogen and oxygen atoms in total. The van der Waals surface area contributed by atoms with E-state index in [4.69, 9.17) is 26.2 Å². The number of nitrogens with zero attached hydrogens (tertiary/aromatic N) is 1. The topological polar surface area (TPSA) is 111 Å². The van der Waals surface area contributed by atoms with E-state index in [1.54, 1.807) is 87.0 Å². The number of methoxy groups -OCH3 is 2. The minimum Gasteiger partial charge on any atom is -0.497 e. The first-order valence-electron chi connectivity index (χ1n) is 10.4. The number of nitrogens with two attached hydrogens (primary N) is 2. The summed E-state index contributed by atoms with van der Waals surface area (Å²) in [6.07, 6.45) is 0. The summed E-state index contributed by atoms with van der Waals surface area (Å²) in [4.78, 5) is 12.2. The number of nitriles is 1. The molecule has 34 heavy (non-hydrogen) atoms. The second-order valence-corrected chi connectivity index (χ2v) is 6.90. The third kappa shape index (κ3) is 8.06. The van der Waals surface area contributed by atoms with Gasteiger partial charge in [-0.15, -0.1) is 0 Å². The Kier molecular flexibility index (Phi) is 10.2. The highest BCUT2D eigenvalue weighted by atomic mass is 16.5. The van der Waals surface area contributed by atoms with Crippen LogP contribution in [0.2, 0.25) is 0 Å². The smallest absolute Gasteiger partial charge is 0.195 e. The van der Waals surface area contributed by atoms with Crippen LogP contribution in [0.5, 0.6) is 11.5 Å². The molecule has 172 valence electrons. The molecule has 0 radical (unpaired) electrons. The summed E-state index contributed by atoms with van der Waals surface area (Å²) in [5.41, 5.74) is 14.2. The summed E-state index contributed by atoms with van der Waals surface area (Å²) in [7, 11) is 3.15. The van der Waals surface area contributed by atoms with E-state index in [0.717, 1.165) is 11.4 Å². The van der Waals surface area contributed by atoms with Crippen molar-refractivity contribution in [1.82, 2.24) is 0 Å². The minimum atomic E-state index is -0.0954. The molecule has 4 aromatic rings. The number of benzene rings is 4. The van der Waals surface area contributed by atoms with Crippen molar-refractivity contribution in [1.29, 1.82) is 5.26 Å². The molecule has 0 aromatic heterocycles. The first-order chi connectivity index (χ1) is 16.5. The second kappa shape index (κ2) is 13.6. The van der Waals surface area contributed by atoms with E-state index in [-0.39, 0.29) is 5.78 Å². The van der Waals surface area contributed by atoms with E-state index >= 15 is 0 Å². The summed E-state index contributed by atoms with van der Waals surface area (Å²) in [5, 5.41) is 8.45. The quantitative estimate of drug-likeness (QED) is 0.318. The van der Waals surface area contributed by atoms with Crippen molar-refractivity contribution in [3.63, 3.8) is 0 Å². The number of rotatable bonds is 4. The van der Waals surface area contributed by atoms with Crippen molar-refractivity contribution in [2.24, 2.45) is 0 Å². The molecule has 0 fully saturated rings. The number of hydrogen-bond acceptors (Lipinski definition) is 6. The van der Waals surface area contributed by atoms with Gasteiger partial charge in [-0.2, -0.15) is 5.26 Å². The lowest BCUT2D eigenvalue weighted by Crippen LogP contribution is -2.05. The highest BCUT2D eigenvalue weighted by Crippen LogP contribution is 2.19. The number of ketones is 1.